The Morgan fingerprint density at radius 3 is 1.29 bits per heavy atom. The molecule has 0 amide bonds. The Kier molecular flexibility index (Phi) is 15.4. The molecule has 0 saturated carbocycles. The molecule has 0 rings (SSSR count). The van der Waals surface area contributed by atoms with Crippen LogP contribution in [0.4, 0.5) is 0 Å². The molecule has 0 aliphatic heterocycles. The van der Waals surface area contributed by atoms with Crippen LogP contribution in [0.5, 0.6) is 0 Å². The zero-order chi connectivity index (χ0) is 12.6. The Morgan fingerprint density at radius 2 is 0.941 bits per heavy atom. The summed E-state index contributed by atoms with van der Waals surface area (Å²) in [4.78, 5) is 0. The van der Waals surface area contributed by atoms with Gasteiger partial charge in [-0.05, 0) is 19.1 Å². The lowest BCUT2D eigenvalue weighted by Crippen LogP contribution is -1.83. The Balaban J connectivity index is 2.87. The van der Waals surface area contributed by atoms with Crippen molar-refractivity contribution in [3.8, 4) is 0 Å². The number of rotatable bonds is 14. The van der Waals surface area contributed by atoms with Gasteiger partial charge in [0.05, 0.1) is 0 Å². The molecular weight excluding hydrogens is 206 g/mol. The van der Waals surface area contributed by atoms with E-state index in [1.54, 1.807) is 6.21 Å². The van der Waals surface area contributed by atoms with Crippen molar-refractivity contribution in [1.82, 2.24) is 0 Å². The van der Waals surface area contributed by atoms with E-state index in [4.69, 9.17) is 5.41 Å². The summed E-state index contributed by atoms with van der Waals surface area (Å²) in [5.74, 6) is 0. The lowest BCUT2D eigenvalue weighted by Gasteiger charge is -2.02. The molecule has 0 fully saturated rings. The summed E-state index contributed by atoms with van der Waals surface area (Å²) >= 11 is 0. The zero-order valence-corrected chi connectivity index (χ0v) is 12.0. The molecule has 0 aromatic carbocycles. The first kappa shape index (κ1) is 16.7. The normalized spacial score (nSPS) is 10.6. The van der Waals surface area contributed by atoms with E-state index in [1.165, 1.54) is 83.5 Å². The molecule has 0 aliphatic rings. The first-order valence-corrected chi connectivity index (χ1v) is 7.90. The van der Waals surface area contributed by atoms with Crippen molar-refractivity contribution in [2.75, 3.05) is 0 Å². The second kappa shape index (κ2) is 15.7. The van der Waals surface area contributed by atoms with Gasteiger partial charge >= 0.3 is 0 Å². The van der Waals surface area contributed by atoms with Crippen molar-refractivity contribution in [2.24, 2.45) is 0 Å². The van der Waals surface area contributed by atoms with Crippen LogP contribution in [0.1, 0.15) is 96.8 Å². The van der Waals surface area contributed by atoms with Crippen LogP contribution in [-0.4, -0.2) is 6.21 Å². The third-order valence-electron chi connectivity index (χ3n) is 3.45. The van der Waals surface area contributed by atoms with Gasteiger partial charge in [-0.25, -0.2) is 0 Å². The van der Waals surface area contributed by atoms with Crippen LogP contribution in [0, 0.1) is 5.41 Å². The van der Waals surface area contributed by atoms with Crippen molar-refractivity contribution in [2.45, 2.75) is 96.8 Å². The Hall–Kier alpha value is -0.330. The van der Waals surface area contributed by atoms with E-state index in [-0.39, 0.29) is 0 Å². The van der Waals surface area contributed by atoms with E-state index in [0.717, 1.165) is 6.42 Å². The monoisotopic (exact) mass is 239 g/mol. The van der Waals surface area contributed by atoms with Gasteiger partial charge in [-0.1, -0.05) is 84.0 Å². The quantitative estimate of drug-likeness (QED) is 0.279. The van der Waals surface area contributed by atoms with Gasteiger partial charge in [0.15, 0.2) is 0 Å². The maximum Gasteiger partial charge on any atom is -0.00477 e. The van der Waals surface area contributed by atoms with Crippen LogP contribution in [0.15, 0.2) is 0 Å². The maximum atomic E-state index is 6.93. The largest absolute Gasteiger partial charge is 0.313 e. The minimum absolute atomic E-state index is 0.984. The number of unbranched alkanes of at least 4 members (excludes halogenated alkanes) is 13. The van der Waals surface area contributed by atoms with E-state index in [9.17, 15) is 0 Å². The highest BCUT2D eigenvalue weighted by Crippen LogP contribution is 2.12. The summed E-state index contributed by atoms with van der Waals surface area (Å²) in [7, 11) is 0. The Bertz CT molecular complexity index is 142. The van der Waals surface area contributed by atoms with Crippen molar-refractivity contribution >= 4 is 6.21 Å². The molecular formula is C16H33N. The summed E-state index contributed by atoms with van der Waals surface area (Å²) in [6.45, 7) is 2.28. The first-order valence-electron chi connectivity index (χ1n) is 7.90. The van der Waals surface area contributed by atoms with Crippen molar-refractivity contribution in [3.63, 3.8) is 0 Å². The third-order valence-corrected chi connectivity index (χ3v) is 3.45. The Labute approximate surface area is 109 Å². The molecule has 0 spiro atoms. The Morgan fingerprint density at radius 1 is 0.588 bits per heavy atom. The molecule has 0 aliphatic carbocycles. The fraction of sp³-hybridized carbons (Fsp3) is 0.938. The van der Waals surface area contributed by atoms with E-state index in [1.807, 2.05) is 0 Å². The van der Waals surface area contributed by atoms with Gasteiger partial charge in [-0.3, -0.25) is 0 Å². The van der Waals surface area contributed by atoms with Crippen molar-refractivity contribution in [1.29, 1.82) is 5.41 Å². The van der Waals surface area contributed by atoms with E-state index < -0.39 is 0 Å². The minimum Gasteiger partial charge on any atom is -0.313 e. The van der Waals surface area contributed by atoms with Gasteiger partial charge in [0.25, 0.3) is 0 Å². The average Bonchev–Trinajstić information content (AvgIpc) is 2.35. The minimum atomic E-state index is 0.984. The van der Waals surface area contributed by atoms with E-state index in [0.29, 0.717) is 0 Å². The molecule has 0 unspecified atom stereocenters. The highest BCUT2D eigenvalue weighted by molar-refractivity contribution is 5.52. The fourth-order valence-corrected chi connectivity index (χ4v) is 2.26. The molecule has 0 radical (unpaired) electrons. The van der Waals surface area contributed by atoms with Crippen molar-refractivity contribution < 1.29 is 0 Å². The standard InChI is InChI=1S/C16H33N/c1-2-3-4-5-6-7-8-9-10-11-12-13-14-15-16-17/h16-17H,2-15H2,1H3. The smallest absolute Gasteiger partial charge is 0.00477 e. The van der Waals surface area contributed by atoms with Gasteiger partial charge < -0.3 is 5.41 Å². The maximum absolute atomic E-state index is 6.93. The number of hydrogen-bond acceptors (Lipinski definition) is 1. The summed E-state index contributed by atoms with van der Waals surface area (Å²) in [5, 5.41) is 6.93. The average molecular weight is 239 g/mol. The highest BCUT2D eigenvalue weighted by atomic mass is 14.3. The molecule has 0 atom stereocenters. The number of nitrogens with one attached hydrogen (secondary N) is 1. The van der Waals surface area contributed by atoms with Gasteiger partial charge in [-0.15, -0.1) is 0 Å². The zero-order valence-electron chi connectivity index (χ0n) is 12.0. The molecule has 0 bridgehead atoms. The number of hydrogen-bond donors (Lipinski definition) is 1. The van der Waals surface area contributed by atoms with Crippen molar-refractivity contribution in [3.05, 3.63) is 0 Å². The van der Waals surface area contributed by atoms with E-state index >= 15 is 0 Å². The van der Waals surface area contributed by atoms with Gasteiger partial charge in [0, 0.05) is 0 Å². The summed E-state index contributed by atoms with van der Waals surface area (Å²) in [5.41, 5.74) is 0. The third kappa shape index (κ3) is 15.7. The summed E-state index contributed by atoms with van der Waals surface area (Å²) < 4.78 is 0. The lowest BCUT2D eigenvalue weighted by atomic mass is 10.0. The second-order valence-corrected chi connectivity index (χ2v) is 5.24. The van der Waals surface area contributed by atoms with Crippen LogP contribution in [0.3, 0.4) is 0 Å². The van der Waals surface area contributed by atoms with Crippen LogP contribution < -0.4 is 0 Å². The summed E-state index contributed by atoms with van der Waals surface area (Å²) in [6, 6.07) is 0. The van der Waals surface area contributed by atoms with Gasteiger partial charge in [0.1, 0.15) is 0 Å². The molecule has 1 heteroatoms. The topological polar surface area (TPSA) is 23.9 Å². The predicted octanol–water partition coefficient (Wildman–Crippen LogP) is 6.12. The fourth-order valence-electron chi connectivity index (χ4n) is 2.26. The lowest BCUT2D eigenvalue weighted by molar-refractivity contribution is 0.541. The second-order valence-electron chi connectivity index (χ2n) is 5.24. The van der Waals surface area contributed by atoms with Crippen LogP contribution in [-0.2, 0) is 0 Å². The molecule has 1 N–H and O–H groups in total. The summed E-state index contributed by atoms with van der Waals surface area (Å²) in [6.07, 6.45) is 20.8. The van der Waals surface area contributed by atoms with Crippen LogP contribution >= 0.6 is 0 Å². The molecule has 1 nitrogen and oxygen atoms in total. The van der Waals surface area contributed by atoms with Gasteiger partial charge in [-0.2, -0.15) is 0 Å². The molecule has 102 valence electrons. The molecule has 17 heavy (non-hydrogen) atoms. The highest BCUT2D eigenvalue weighted by Gasteiger charge is 1.93. The van der Waals surface area contributed by atoms with Gasteiger partial charge in [0.2, 0.25) is 0 Å². The van der Waals surface area contributed by atoms with Crippen LogP contribution in [0.25, 0.3) is 0 Å². The van der Waals surface area contributed by atoms with E-state index in [2.05, 4.69) is 6.92 Å². The molecule has 0 aromatic heterocycles. The molecule has 0 saturated heterocycles. The predicted molar refractivity (Wildman–Crippen MR) is 79.1 cm³/mol. The molecule has 0 aromatic rings. The first-order chi connectivity index (χ1) is 8.41. The molecule has 0 heterocycles. The SMILES string of the molecule is CCCCCCCCCCCCCCCC=N. The van der Waals surface area contributed by atoms with Crippen LogP contribution in [0.2, 0.25) is 0 Å².